The van der Waals surface area contributed by atoms with Gasteiger partial charge in [-0.05, 0) is 49.4 Å². The van der Waals surface area contributed by atoms with Gasteiger partial charge in [0.1, 0.15) is 11.5 Å². The van der Waals surface area contributed by atoms with Crippen LogP contribution in [0.1, 0.15) is 84.1 Å². The topological polar surface area (TPSA) is 88.8 Å². The summed E-state index contributed by atoms with van der Waals surface area (Å²) in [4.78, 5) is 25.3. The minimum atomic E-state index is -0.315. The summed E-state index contributed by atoms with van der Waals surface area (Å²) < 4.78 is 11.2. The van der Waals surface area contributed by atoms with E-state index >= 15 is 0 Å². The van der Waals surface area contributed by atoms with Crippen molar-refractivity contribution in [2.45, 2.75) is 64.0 Å². The lowest BCUT2D eigenvalue weighted by Crippen LogP contribution is -2.38. The summed E-state index contributed by atoms with van der Waals surface area (Å²) in [7, 11) is 1.56. The van der Waals surface area contributed by atoms with E-state index in [1.54, 1.807) is 26.2 Å². The number of ketones is 1. The van der Waals surface area contributed by atoms with Gasteiger partial charge < -0.3 is 19.6 Å². The minimum absolute atomic E-state index is 0.00412. The fraction of sp³-hybridized carbons (Fsp3) is 0.478. The number of amides is 1. The van der Waals surface area contributed by atoms with Crippen LogP contribution in [0, 0.1) is 0 Å². The summed E-state index contributed by atoms with van der Waals surface area (Å²) >= 11 is 6.22. The molecule has 2 aromatic rings. The monoisotopic (exact) mass is 433 g/mol. The summed E-state index contributed by atoms with van der Waals surface area (Å²) in [6, 6.07) is 6.87. The van der Waals surface area contributed by atoms with Gasteiger partial charge in [0, 0.05) is 29.5 Å². The molecule has 1 saturated carbocycles. The average molecular weight is 434 g/mol. The van der Waals surface area contributed by atoms with Gasteiger partial charge in [-0.3, -0.25) is 9.59 Å². The number of methoxy groups -OCH3 is 1. The predicted molar refractivity (Wildman–Crippen MR) is 115 cm³/mol. The van der Waals surface area contributed by atoms with Crippen molar-refractivity contribution >= 4 is 23.3 Å². The number of nitrogens with one attached hydrogen (secondary N) is 1. The van der Waals surface area contributed by atoms with Crippen molar-refractivity contribution < 1.29 is 23.8 Å². The zero-order valence-electron chi connectivity index (χ0n) is 17.5. The van der Waals surface area contributed by atoms with E-state index in [1.165, 1.54) is 6.07 Å². The van der Waals surface area contributed by atoms with Gasteiger partial charge >= 0.3 is 0 Å². The number of halogens is 1. The van der Waals surface area contributed by atoms with Crippen LogP contribution >= 0.6 is 11.6 Å². The maximum absolute atomic E-state index is 13.1. The fourth-order valence-electron chi connectivity index (χ4n) is 3.80. The first-order valence-corrected chi connectivity index (χ1v) is 10.7. The first-order chi connectivity index (χ1) is 14.3. The van der Waals surface area contributed by atoms with Crippen molar-refractivity contribution in [3.63, 3.8) is 0 Å². The van der Waals surface area contributed by atoms with Crippen LogP contribution in [0.2, 0.25) is 5.02 Å². The smallest absolute Gasteiger partial charge is 0.255 e. The van der Waals surface area contributed by atoms with E-state index in [-0.39, 0.29) is 41.9 Å². The molecule has 162 valence electrons. The Kier molecular flexibility index (Phi) is 7.21. The highest BCUT2D eigenvalue weighted by atomic mass is 35.5. The molecule has 1 amide bonds. The van der Waals surface area contributed by atoms with Crippen LogP contribution in [-0.4, -0.2) is 36.1 Å². The number of benzene rings is 1. The molecule has 0 aliphatic heterocycles. The Morgan fingerprint density at radius 3 is 2.57 bits per heavy atom. The number of hydrogen-bond acceptors (Lipinski definition) is 5. The highest BCUT2D eigenvalue weighted by molar-refractivity contribution is 6.30. The third-order valence-electron chi connectivity index (χ3n) is 5.66. The Hall–Kier alpha value is -2.31. The lowest BCUT2D eigenvalue weighted by atomic mass is 9.92. The summed E-state index contributed by atoms with van der Waals surface area (Å²) in [5, 5.41) is 13.2. The Morgan fingerprint density at radius 1 is 1.23 bits per heavy atom. The molecule has 0 spiro atoms. The number of aliphatic hydroxyl groups excluding tert-OH is 1. The number of Topliss-reactive ketones (excluding diaryl/α,β-unsaturated/α-hetero) is 1. The maximum atomic E-state index is 13.1. The second-order valence-corrected chi connectivity index (χ2v) is 8.23. The minimum Gasteiger partial charge on any atom is -0.497 e. The third kappa shape index (κ3) is 5.05. The number of furan rings is 1. The van der Waals surface area contributed by atoms with Crippen LogP contribution in [-0.2, 0) is 0 Å². The molecule has 7 heteroatoms. The molecule has 0 bridgehead atoms. The molecular weight excluding hydrogens is 406 g/mol. The first kappa shape index (κ1) is 22.4. The van der Waals surface area contributed by atoms with Crippen LogP contribution in [0.25, 0.3) is 0 Å². The zero-order chi connectivity index (χ0) is 21.8. The van der Waals surface area contributed by atoms with E-state index in [9.17, 15) is 14.7 Å². The number of carbonyl (C=O) groups is 2. The lowest BCUT2D eigenvalue weighted by molar-refractivity contribution is 0.0865. The van der Waals surface area contributed by atoms with Gasteiger partial charge in [-0.1, -0.05) is 25.4 Å². The molecule has 30 heavy (non-hydrogen) atoms. The normalized spacial score (nSPS) is 19.9. The standard InChI is InChI=1S/C23H28ClNO5/c1-4-20(27)21-12-19(23(28)25-16-5-7-17(26)8-6-16)22(30-21)13(2)14-9-15(24)11-18(10-14)29-3/h9-13,16-17,26H,4-8H2,1-3H3,(H,25,28). The number of carbonyl (C=O) groups excluding carboxylic acids is 2. The molecule has 3 rings (SSSR count). The molecule has 1 aliphatic rings. The Bertz CT molecular complexity index is 914. The lowest BCUT2D eigenvalue weighted by Gasteiger charge is -2.26. The van der Waals surface area contributed by atoms with Crippen molar-refractivity contribution in [1.82, 2.24) is 5.32 Å². The van der Waals surface area contributed by atoms with E-state index in [0.717, 1.165) is 18.4 Å². The Morgan fingerprint density at radius 2 is 1.93 bits per heavy atom. The SMILES string of the molecule is CCC(=O)c1cc(C(=O)NC2CCC(O)CC2)c(C(C)c2cc(Cl)cc(OC)c2)o1. The molecule has 1 heterocycles. The number of aliphatic hydroxyl groups is 1. The number of rotatable bonds is 7. The first-order valence-electron chi connectivity index (χ1n) is 10.3. The summed E-state index contributed by atoms with van der Waals surface area (Å²) in [5.41, 5.74) is 1.17. The van der Waals surface area contributed by atoms with Gasteiger partial charge in [0.05, 0.1) is 18.8 Å². The van der Waals surface area contributed by atoms with Crippen LogP contribution in [0.5, 0.6) is 5.75 Å². The van der Waals surface area contributed by atoms with Crippen LogP contribution in [0.4, 0.5) is 0 Å². The third-order valence-corrected chi connectivity index (χ3v) is 5.87. The highest BCUT2D eigenvalue weighted by Gasteiger charge is 2.28. The second-order valence-electron chi connectivity index (χ2n) is 7.79. The predicted octanol–water partition coefficient (Wildman–Crippen LogP) is 4.72. The van der Waals surface area contributed by atoms with Gasteiger partial charge in [0.25, 0.3) is 5.91 Å². The Balaban J connectivity index is 1.92. The molecular formula is C23H28ClNO5. The van der Waals surface area contributed by atoms with E-state index in [2.05, 4.69) is 5.32 Å². The van der Waals surface area contributed by atoms with Crippen molar-refractivity contribution in [3.05, 3.63) is 51.9 Å². The molecule has 0 radical (unpaired) electrons. The maximum Gasteiger partial charge on any atom is 0.255 e. The molecule has 2 N–H and O–H groups in total. The van der Waals surface area contributed by atoms with Crippen LogP contribution in [0.3, 0.4) is 0 Å². The highest BCUT2D eigenvalue weighted by Crippen LogP contribution is 2.34. The number of ether oxygens (including phenoxy) is 1. The zero-order valence-corrected chi connectivity index (χ0v) is 18.3. The molecule has 1 aromatic carbocycles. The van der Waals surface area contributed by atoms with E-state index in [0.29, 0.717) is 34.9 Å². The van der Waals surface area contributed by atoms with Crippen molar-refractivity contribution in [3.8, 4) is 5.75 Å². The van der Waals surface area contributed by atoms with Gasteiger partial charge in [0.2, 0.25) is 0 Å². The van der Waals surface area contributed by atoms with E-state index in [4.69, 9.17) is 20.8 Å². The van der Waals surface area contributed by atoms with E-state index in [1.807, 2.05) is 13.0 Å². The summed E-state index contributed by atoms with van der Waals surface area (Å²) in [6.45, 7) is 3.65. The summed E-state index contributed by atoms with van der Waals surface area (Å²) in [6.07, 6.45) is 2.77. The van der Waals surface area contributed by atoms with Gasteiger partial charge in [-0.25, -0.2) is 0 Å². The molecule has 1 unspecified atom stereocenters. The largest absolute Gasteiger partial charge is 0.497 e. The van der Waals surface area contributed by atoms with Crippen LogP contribution < -0.4 is 10.1 Å². The molecule has 0 saturated heterocycles. The Labute approximate surface area is 181 Å². The summed E-state index contributed by atoms with van der Waals surface area (Å²) in [5.74, 6) is 0.456. The van der Waals surface area contributed by atoms with Crippen molar-refractivity contribution in [1.29, 1.82) is 0 Å². The van der Waals surface area contributed by atoms with E-state index < -0.39 is 0 Å². The second kappa shape index (κ2) is 9.67. The molecule has 1 fully saturated rings. The van der Waals surface area contributed by atoms with Gasteiger partial charge in [-0.2, -0.15) is 0 Å². The molecule has 1 aliphatic carbocycles. The van der Waals surface area contributed by atoms with Crippen molar-refractivity contribution in [2.24, 2.45) is 0 Å². The van der Waals surface area contributed by atoms with Crippen molar-refractivity contribution in [2.75, 3.05) is 7.11 Å². The fourth-order valence-corrected chi connectivity index (χ4v) is 4.04. The van der Waals surface area contributed by atoms with Crippen LogP contribution in [0.15, 0.2) is 28.7 Å². The average Bonchev–Trinajstić information content (AvgIpc) is 3.19. The number of hydrogen-bond donors (Lipinski definition) is 2. The molecule has 1 atom stereocenters. The molecule has 6 nitrogen and oxygen atoms in total. The quantitative estimate of drug-likeness (QED) is 0.617. The molecule has 1 aromatic heterocycles. The van der Waals surface area contributed by atoms with Gasteiger partial charge in [-0.15, -0.1) is 0 Å². The van der Waals surface area contributed by atoms with Gasteiger partial charge in [0.15, 0.2) is 11.5 Å².